The number of aromatic nitrogens is 3. The number of hydrogen-bond acceptors (Lipinski definition) is 6. The van der Waals surface area contributed by atoms with Crippen LogP contribution < -0.4 is 15.4 Å². The Kier molecular flexibility index (Phi) is 4.07. The molecule has 0 saturated heterocycles. The fraction of sp³-hybridized carbons (Fsp3) is 0.769. The Morgan fingerprint density at radius 3 is 2.58 bits per heavy atom. The first kappa shape index (κ1) is 13.8. The van der Waals surface area contributed by atoms with Crippen LogP contribution in [0, 0.1) is 5.41 Å². The van der Waals surface area contributed by atoms with E-state index in [1.165, 1.54) is 12.8 Å². The van der Waals surface area contributed by atoms with Gasteiger partial charge in [-0.1, -0.05) is 20.3 Å². The Labute approximate surface area is 114 Å². The summed E-state index contributed by atoms with van der Waals surface area (Å²) >= 11 is 0. The molecule has 1 atom stereocenters. The van der Waals surface area contributed by atoms with E-state index in [9.17, 15) is 0 Å². The molecule has 1 unspecified atom stereocenters. The number of nitrogens with zero attached hydrogens (tertiary/aromatic N) is 3. The van der Waals surface area contributed by atoms with Crippen LogP contribution >= 0.6 is 0 Å². The molecule has 1 aliphatic carbocycles. The van der Waals surface area contributed by atoms with E-state index < -0.39 is 0 Å². The highest BCUT2D eigenvalue weighted by atomic mass is 16.5. The fourth-order valence-electron chi connectivity index (χ4n) is 2.48. The smallest absolute Gasteiger partial charge is 0.323 e. The van der Waals surface area contributed by atoms with Gasteiger partial charge in [0.1, 0.15) is 0 Å². The fourth-order valence-corrected chi connectivity index (χ4v) is 2.48. The van der Waals surface area contributed by atoms with Crippen molar-refractivity contribution in [3.63, 3.8) is 0 Å². The lowest BCUT2D eigenvalue weighted by Crippen LogP contribution is -2.31. The molecule has 0 amide bonds. The molecule has 0 spiro atoms. The molecule has 6 heteroatoms. The SMILES string of the molecule is CCOc1nc(NC)nc(NC2CCCC2(C)C)n1. The van der Waals surface area contributed by atoms with E-state index in [4.69, 9.17) is 4.74 Å². The van der Waals surface area contributed by atoms with E-state index in [1.807, 2.05) is 6.92 Å². The van der Waals surface area contributed by atoms with Crippen molar-refractivity contribution >= 4 is 11.9 Å². The van der Waals surface area contributed by atoms with Crippen molar-refractivity contribution in [2.24, 2.45) is 5.41 Å². The summed E-state index contributed by atoms with van der Waals surface area (Å²) < 4.78 is 5.36. The molecule has 1 aromatic heterocycles. The lowest BCUT2D eigenvalue weighted by atomic mass is 9.87. The molecular weight excluding hydrogens is 242 g/mol. The zero-order chi connectivity index (χ0) is 13.9. The molecule has 1 aliphatic rings. The molecule has 2 N–H and O–H groups in total. The summed E-state index contributed by atoms with van der Waals surface area (Å²) in [6.07, 6.45) is 3.62. The predicted molar refractivity (Wildman–Crippen MR) is 75.6 cm³/mol. The van der Waals surface area contributed by atoms with Gasteiger partial charge in [0.05, 0.1) is 6.61 Å². The summed E-state index contributed by atoms with van der Waals surface area (Å²) in [4.78, 5) is 12.8. The number of rotatable bonds is 5. The number of anilines is 2. The van der Waals surface area contributed by atoms with E-state index in [1.54, 1.807) is 7.05 Å². The summed E-state index contributed by atoms with van der Waals surface area (Å²) in [5.74, 6) is 1.11. The monoisotopic (exact) mass is 265 g/mol. The van der Waals surface area contributed by atoms with Crippen LogP contribution in [0.2, 0.25) is 0 Å². The molecule has 1 saturated carbocycles. The van der Waals surface area contributed by atoms with Crippen molar-refractivity contribution in [1.29, 1.82) is 0 Å². The predicted octanol–water partition coefficient (Wildman–Crippen LogP) is 2.30. The van der Waals surface area contributed by atoms with E-state index in [-0.39, 0.29) is 5.41 Å². The number of nitrogens with one attached hydrogen (secondary N) is 2. The van der Waals surface area contributed by atoms with Crippen molar-refractivity contribution in [2.75, 3.05) is 24.3 Å². The van der Waals surface area contributed by atoms with Gasteiger partial charge < -0.3 is 15.4 Å². The molecular formula is C13H23N5O. The summed E-state index contributed by atoms with van der Waals surface area (Å²) in [5, 5.41) is 6.35. The van der Waals surface area contributed by atoms with Gasteiger partial charge in [-0.25, -0.2) is 0 Å². The highest BCUT2D eigenvalue weighted by Gasteiger charge is 2.34. The molecule has 0 radical (unpaired) electrons. The van der Waals surface area contributed by atoms with Gasteiger partial charge in [-0.05, 0) is 25.2 Å². The molecule has 0 bridgehead atoms. The number of hydrogen-bond donors (Lipinski definition) is 2. The zero-order valence-electron chi connectivity index (χ0n) is 12.2. The molecule has 0 aromatic carbocycles. The third-order valence-electron chi connectivity index (χ3n) is 3.67. The van der Waals surface area contributed by atoms with Crippen LogP contribution in [0.3, 0.4) is 0 Å². The normalized spacial score (nSPS) is 21.2. The molecule has 6 nitrogen and oxygen atoms in total. The lowest BCUT2D eigenvalue weighted by Gasteiger charge is -2.27. The minimum atomic E-state index is 0.276. The zero-order valence-corrected chi connectivity index (χ0v) is 12.2. The van der Waals surface area contributed by atoms with Crippen LogP contribution in [0.25, 0.3) is 0 Å². The maximum Gasteiger partial charge on any atom is 0.323 e. The van der Waals surface area contributed by atoms with E-state index >= 15 is 0 Å². The van der Waals surface area contributed by atoms with Crippen LogP contribution in [0.15, 0.2) is 0 Å². The van der Waals surface area contributed by atoms with Gasteiger partial charge in [0.15, 0.2) is 0 Å². The highest BCUT2D eigenvalue weighted by Crippen LogP contribution is 2.38. The van der Waals surface area contributed by atoms with Crippen molar-refractivity contribution in [2.45, 2.75) is 46.1 Å². The summed E-state index contributed by atoms with van der Waals surface area (Å²) in [5.41, 5.74) is 0.276. The molecule has 19 heavy (non-hydrogen) atoms. The standard InChI is InChI=1S/C13H23N5O/c1-5-19-12-17-10(14-4)16-11(18-12)15-9-7-6-8-13(9,2)3/h9H,5-8H2,1-4H3,(H2,14,15,16,17,18). The Balaban J connectivity index is 2.17. The van der Waals surface area contributed by atoms with E-state index in [0.717, 1.165) is 6.42 Å². The summed E-state index contributed by atoms with van der Waals surface area (Å²) in [6, 6.07) is 0.759. The van der Waals surface area contributed by atoms with Gasteiger partial charge in [0.25, 0.3) is 0 Å². The van der Waals surface area contributed by atoms with Crippen molar-refractivity contribution in [3.05, 3.63) is 0 Å². The molecule has 1 aromatic rings. The van der Waals surface area contributed by atoms with Crippen molar-refractivity contribution < 1.29 is 4.74 Å². The third kappa shape index (κ3) is 3.24. The Hall–Kier alpha value is -1.59. The molecule has 0 aliphatic heterocycles. The second kappa shape index (κ2) is 5.59. The largest absolute Gasteiger partial charge is 0.464 e. The minimum Gasteiger partial charge on any atom is -0.464 e. The highest BCUT2D eigenvalue weighted by molar-refractivity contribution is 5.36. The molecule has 1 fully saturated rings. The molecule has 2 rings (SSSR count). The third-order valence-corrected chi connectivity index (χ3v) is 3.67. The molecule has 1 heterocycles. The van der Waals surface area contributed by atoms with E-state index in [2.05, 4.69) is 39.4 Å². The second-order valence-corrected chi connectivity index (χ2v) is 5.53. The maximum absolute atomic E-state index is 5.36. The van der Waals surface area contributed by atoms with Gasteiger partial charge in [-0.15, -0.1) is 0 Å². The van der Waals surface area contributed by atoms with Crippen LogP contribution in [-0.4, -0.2) is 34.6 Å². The summed E-state index contributed by atoms with van der Waals surface area (Å²) in [6.45, 7) is 7.01. The van der Waals surface area contributed by atoms with Gasteiger partial charge in [0, 0.05) is 13.1 Å². The first-order chi connectivity index (χ1) is 9.05. The van der Waals surface area contributed by atoms with E-state index in [0.29, 0.717) is 30.6 Å². The average Bonchev–Trinajstić information content (AvgIpc) is 2.69. The average molecular weight is 265 g/mol. The lowest BCUT2D eigenvalue weighted by molar-refractivity contribution is 0.311. The Bertz CT molecular complexity index is 435. The number of ether oxygens (including phenoxy) is 1. The van der Waals surface area contributed by atoms with Crippen LogP contribution in [0.1, 0.15) is 40.0 Å². The first-order valence-corrected chi connectivity index (χ1v) is 6.88. The quantitative estimate of drug-likeness (QED) is 0.851. The second-order valence-electron chi connectivity index (χ2n) is 5.53. The van der Waals surface area contributed by atoms with Crippen molar-refractivity contribution in [3.8, 4) is 6.01 Å². The Morgan fingerprint density at radius 2 is 2.00 bits per heavy atom. The van der Waals surface area contributed by atoms with Gasteiger partial charge in [0.2, 0.25) is 11.9 Å². The topological polar surface area (TPSA) is 72.0 Å². The van der Waals surface area contributed by atoms with Crippen LogP contribution in [0.5, 0.6) is 6.01 Å². The van der Waals surface area contributed by atoms with Gasteiger partial charge in [-0.3, -0.25) is 0 Å². The van der Waals surface area contributed by atoms with Crippen molar-refractivity contribution in [1.82, 2.24) is 15.0 Å². The molecule has 106 valence electrons. The summed E-state index contributed by atoms with van der Waals surface area (Å²) in [7, 11) is 1.79. The maximum atomic E-state index is 5.36. The van der Waals surface area contributed by atoms with Gasteiger partial charge in [-0.2, -0.15) is 15.0 Å². The Morgan fingerprint density at radius 1 is 1.26 bits per heavy atom. The minimum absolute atomic E-state index is 0.276. The first-order valence-electron chi connectivity index (χ1n) is 6.88. The van der Waals surface area contributed by atoms with Crippen LogP contribution in [-0.2, 0) is 0 Å². The van der Waals surface area contributed by atoms with Gasteiger partial charge >= 0.3 is 6.01 Å². The van der Waals surface area contributed by atoms with Crippen LogP contribution in [0.4, 0.5) is 11.9 Å².